The first kappa shape index (κ1) is 23.7. The van der Waals surface area contributed by atoms with Crippen LogP contribution in [-0.4, -0.2) is 0 Å². The van der Waals surface area contributed by atoms with Crippen molar-refractivity contribution in [2.24, 2.45) is 5.92 Å². The van der Waals surface area contributed by atoms with Crippen molar-refractivity contribution in [2.45, 2.75) is 51.4 Å². The van der Waals surface area contributed by atoms with Gasteiger partial charge in [0.1, 0.15) is 29.1 Å². The van der Waals surface area contributed by atoms with E-state index in [4.69, 9.17) is 5.26 Å². The molecule has 0 unspecified atom stereocenters. The number of nitriles is 1. The van der Waals surface area contributed by atoms with Crippen molar-refractivity contribution < 1.29 is 13.2 Å². The highest BCUT2D eigenvalue weighted by molar-refractivity contribution is 5.85. The summed E-state index contributed by atoms with van der Waals surface area (Å²) in [6.07, 6.45) is 11.6. The zero-order valence-corrected chi connectivity index (χ0v) is 19.2. The highest BCUT2D eigenvalue weighted by Gasteiger charge is 2.22. The Bertz CT molecular complexity index is 1310. The molecule has 0 amide bonds. The van der Waals surface area contributed by atoms with Gasteiger partial charge in [-0.15, -0.1) is 0 Å². The molecule has 1 fully saturated rings. The van der Waals surface area contributed by atoms with E-state index in [1.54, 1.807) is 6.07 Å². The Morgan fingerprint density at radius 1 is 0.941 bits per heavy atom. The normalized spacial score (nSPS) is 18.0. The Morgan fingerprint density at radius 2 is 1.68 bits per heavy atom. The van der Waals surface area contributed by atoms with Gasteiger partial charge < -0.3 is 0 Å². The second-order valence-electron chi connectivity index (χ2n) is 8.95. The van der Waals surface area contributed by atoms with Crippen LogP contribution in [0, 0.1) is 46.5 Å². The molecule has 4 rings (SSSR count). The summed E-state index contributed by atoms with van der Waals surface area (Å²) in [5, 5.41) is 10.1. The molecule has 0 saturated heterocycles. The van der Waals surface area contributed by atoms with Crippen LogP contribution in [-0.2, 0) is 0 Å². The average molecular weight is 458 g/mol. The lowest BCUT2D eigenvalue weighted by Crippen LogP contribution is -2.13. The van der Waals surface area contributed by atoms with E-state index >= 15 is 4.39 Å². The number of nitrogens with zero attached hydrogens (tertiary/aromatic N) is 1. The van der Waals surface area contributed by atoms with Crippen LogP contribution in [0.5, 0.6) is 0 Å². The molecule has 4 heteroatoms. The first-order valence-electron chi connectivity index (χ1n) is 11.7. The molecular formula is C30H26F3N. The maximum absolute atomic E-state index is 15.1. The molecule has 0 bridgehead atoms. The van der Waals surface area contributed by atoms with Crippen molar-refractivity contribution in [3.05, 3.63) is 94.3 Å². The van der Waals surface area contributed by atoms with Gasteiger partial charge in [-0.05, 0) is 86.4 Å². The van der Waals surface area contributed by atoms with Crippen LogP contribution in [0.2, 0.25) is 0 Å². The molecule has 0 radical (unpaired) electrons. The third-order valence-corrected chi connectivity index (χ3v) is 6.77. The average Bonchev–Trinajstić information content (AvgIpc) is 2.84. The van der Waals surface area contributed by atoms with Crippen LogP contribution < -0.4 is 0 Å². The van der Waals surface area contributed by atoms with E-state index in [0.717, 1.165) is 42.7 Å². The van der Waals surface area contributed by atoms with E-state index in [1.165, 1.54) is 30.9 Å². The molecule has 0 aliphatic heterocycles. The topological polar surface area (TPSA) is 23.8 Å². The first-order valence-corrected chi connectivity index (χ1v) is 11.7. The second-order valence-corrected chi connectivity index (χ2v) is 8.95. The summed E-state index contributed by atoms with van der Waals surface area (Å²) in [4.78, 5) is 0. The minimum atomic E-state index is -0.981. The standard InChI is InChI=1S/C30H26F3N/c1-2-3-4-5-20-6-9-22(10-7-20)24-14-15-26-25(18-24)13-12-23(30(26)33)11-8-21-16-28(31)27(19-34)29(32)17-21/h2-3,12-18,20,22H,4-7,9-10H2,1H3/b3-2+. The van der Waals surface area contributed by atoms with Gasteiger partial charge in [0, 0.05) is 10.9 Å². The Morgan fingerprint density at radius 3 is 2.35 bits per heavy atom. The molecule has 0 heterocycles. The van der Waals surface area contributed by atoms with Crippen LogP contribution >= 0.6 is 0 Å². The predicted molar refractivity (Wildman–Crippen MR) is 130 cm³/mol. The van der Waals surface area contributed by atoms with Crippen LogP contribution in [0.4, 0.5) is 13.2 Å². The summed E-state index contributed by atoms with van der Waals surface area (Å²) in [6, 6.07) is 12.8. The van der Waals surface area contributed by atoms with Gasteiger partial charge in [0.25, 0.3) is 0 Å². The van der Waals surface area contributed by atoms with Gasteiger partial charge in [0.05, 0.1) is 5.56 Å². The minimum Gasteiger partial charge on any atom is -0.205 e. The Balaban J connectivity index is 1.51. The first-order chi connectivity index (χ1) is 16.5. The zero-order chi connectivity index (χ0) is 24.1. The number of benzene rings is 3. The highest BCUT2D eigenvalue weighted by atomic mass is 19.1. The molecule has 3 aromatic rings. The Hall–Kier alpha value is -3.50. The van der Waals surface area contributed by atoms with Gasteiger partial charge in [-0.1, -0.05) is 48.3 Å². The number of fused-ring (bicyclic) bond motifs is 1. The minimum absolute atomic E-state index is 0.0464. The van der Waals surface area contributed by atoms with Crippen LogP contribution in [0.1, 0.15) is 73.6 Å². The van der Waals surface area contributed by atoms with Gasteiger partial charge in [0.2, 0.25) is 0 Å². The summed E-state index contributed by atoms with van der Waals surface area (Å²) in [5.41, 5.74) is 0.804. The lowest BCUT2D eigenvalue weighted by atomic mass is 9.77. The second kappa shape index (κ2) is 10.6. The summed E-state index contributed by atoms with van der Waals surface area (Å²) in [6.45, 7) is 2.06. The van der Waals surface area contributed by atoms with E-state index in [9.17, 15) is 8.78 Å². The van der Waals surface area contributed by atoms with Gasteiger partial charge in [-0.2, -0.15) is 5.26 Å². The molecule has 1 aliphatic carbocycles. The van der Waals surface area contributed by atoms with Crippen LogP contribution in [0.3, 0.4) is 0 Å². The van der Waals surface area contributed by atoms with Gasteiger partial charge in [-0.3, -0.25) is 0 Å². The molecule has 1 nitrogen and oxygen atoms in total. The molecule has 0 atom stereocenters. The van der Waals surface area contributed by atoms with Crippen molar-refractivity contribution in [1.82, 2.24) is 0 Å². The summed E-state index contributed by atoms with van der Waals surface area (Å²) < 4.78 is 42.7. The summed E-state index contributed by atoms with van der Waals surface area (Å²) in [5.74, 6) is 4.17. The molecule has 1 aliphatic rings. The Labute approximate surface area is 198 Å². The third-order valence-electron chi connectivity index (χ3n) is 6.77. The molecule has 3 aromatic carbocycles. The number of hydrogen-bond donors (Lipinski definition) is 0. The lowest BCUT2D eigenvalue weighted by molar-refractivity contribution is 0.312. The largest absolute Gasteiger partial charge is 0.205 e. The maximum Gasteiger partial charge on any atom is 0.146 e. The van der Waals surface area contributed by atoms with E-state index in [2.05, 4.69) is 37.0 Å². The number of rotatable bonds is 4. The number of hydrogen-bond acceptors (Lipinski definition) is 1. The maximum atomic E-state index is 15.1. The van der Waals surface area contributed by atoms with E-state index in [-0.39, 0.29) is 11.1 Å². The van der Waals surface area contributed by atoms with Gasteiger partial charge in [-0.25, -0.2) is 13.2 Å². The van der Waals surface area contributed by atoms with Gasteiger partial charge >= 0.3 is 0 Å². The quantitative estimate of drug-likeness (QED) is 0.286. The molecule has 34 heavy (non-hydrogen) atoms. The molecule has 172 valence electrons. The molecule has 1 saturated carbocycles. The van der Waals surface area contributed by atoms with Crippen molar-refractivity contribution in [2.75, 3.05) is 0 Å². The van der Waals surface area contributed by atoms with E-state index in [1.807, 2.05) is 18.2 Å². The highest BCUT2D eigenvalue weighted by Crippen LogP contribution is 2.38. The molecule has 0 aromatic heterocycles. The third kappa shape index (κ3) is 5.18. The van der Waals surface area contributed by atoms with Crippen molar-refractivity contribution >= 4 is 10.8 Å². The lowest BCUT2D eigenvalue weighted by Gasteiger charge is -2.28. The smallest absolute Gasteiger partial charge is 0.146 e. The summed E-state index contributed by atoms with van der Waals surface area (Å²) >= 11 is 0. The van der Waals surface area contributed by atoms with Crippen molar-refractivity contribution in [1.29, 1.82) is 5.26 Å². The van der Waals surface area contributed by atoms with Crippen LogP contribution in [0.25, 0.3) is 10.8 Å². The monoisotopic (exact) mass is 457 g/mol. The van der Waals surface area contributed by atoms with Crippen LogP contribution in [0.15, 0.2) is 54.6 Å². The van der Waals surface area contributed by atoms with E-state index < -0.39 is 23.0 Å². The summed E-state index contributed by atoms with van der Waals surface area (Å²) in [7, 11) is 0. The Kier molecular flexibility index (Phi) is 7.39. The molecule has 0 spiro atoms. The molecule has 0 N–H and O–H groups in total. The fourth-order valence-corrected chi connectivity index (χ4v) is 4.84. The van der Waals surface area contributed by atoms with Crippen molar-refractivity contribution in [3.63, 3.8) is 0 Å². The fourth-order valence-electron chi connectivity index (χ4n) is 4.84. The molecular weight excluding hydrogens is 431 g/mol. The van der Waals surface area contributed by atoms with E-state index in [0.29, 0.717) is 11.3 Å². The number of allylic oxidation sites excluding steroid dienone is 2. The predicted octanol–water partition coefficient (Wildman–Crippen LogP) is 8.16. The van der Waals surface area contributed by atoms with Crippen molar-refractivity contribution in [3.8, 4) is 17.9 Å². The SMILES string of the molecule is C/C=C/CCC1CCC(c2ccc3c(F)c(C#Cc4cc(F)c(C#N)c(F)c4)ccc3c2)CC1. The number of halogens is 3. The fraction of sp³-hybridized carbons (Fsp3) is 0.300. The zero-order valence-electron chi connectivity index (χ0n) is 19.2. The van der Waals surface area contributed by atoms with Gasteiger partial charge in [0.15, 0.2) is 0 Å².